The number of rotatable bonds is 4. The largest absolute Gasteiger partial charge is 0.493 e. The molecule has 26 heavy (non-hydrogen) atoms. The van der Waals surface area contributed by atoms with Crippen molar-refractivity contribution in [3.63, 3.8) is 0 Å². The van der Waals surface area contributed by atoms with Crippen LogP contribution in [0.1, 0.15) is 17.5 Å². The lowest BCUT2D eigenvalue weighted by Gasteiger charge is -2.17. The number of nitrogens with one attached hydrogen (secondary N) is 1. The van der Waals surface area contributed by atoms with Gasteiger partial charge in [0.05, 0.1) is 11.5 Å². The van der Waals surface area contributed by atoms with E-state index in [-0.39, 0.29) is 10.8 Å². The molecule has 1 N–H and O–H groups in total. The molecule has 0 radical (unpaired) electrons. The number of aryl methyl sites for hydroxylation is 1. The van der Waals surface area contributed by atoms with E-state index in [9.17, 15) is 13.2 Å². The third kappa shape index (κ3) is 3.08. The monoisotopic (exact) mass is 372 g/mol. The number of hydrogen-bond donors (Lipinski definition) is 1. The van der Waals surface area contributed by atoms with Gasteiger partial charge in [-0.05, 0) is 49.2 Å². The smallest absolute Gasteiger partial charge is 0.245 e. The first kappa shape index (κ1) is 17.1. The van der Waals surface area contributed by atoms with Gasteiger partial charge < -0.3 is 9.64 Å². The Morgan fingerprint density at radius 2 is 1.92 bits per heavy atom. The van der Waals surface area contributed by atoms with E-state index in [1.54, 1.807) is 17.0 Å². The maximum Gasteiger partial charge on any atom is 0.245 e. The summed E-state index contributed by atoms with van der Waals surface area (Å²) in [5, 5.41) is 0. The lowest BCUT2D eigenvalue weighted by atomic mass is 10.2. The number of hydrogen-bond acceptors (Lipinski definition) is 4. The Hall–Kier alpha value is -2.38. The average Bonchev–Trinajstić information content (AvgIpc) is 3.22. The molecule has 2 aliphatic heterocycles. The van der Waals surface area contributed by atoms with Gasteiger partial charge in [-0.2, -0.15) is 4.72 Å². The van der Waals surface area contributed by atoms with Crippen molar-refractivity contribution in [2.45, 2.75) is 30.7 Å². The van der Waals surface area contributed by atoms with Crippen molar-refractivity contribution >= 4 is 21.6 Å². The summed E-state index contributed by atoms with van der Waals surface area (Å²) >= 11 is 0. The molecule has 136 valence electrons. The van der Waals surface area contributed by atoms with Crippen LogP contribution >= 0.6 is 0 Å². The fraction of sp³-hybridized carbons (Fsp3) is 0.316. The zero-order valence-corrected chi connectivity index (χ0v) is 15.3. The maximum absolute atomic E-state index is 12.7. The van der Waals surface area contributed by atoms with Crippen LogP contribution < -0.4 is 14.4 Å². The van der Waals surface area contributed by atoms with E-state index in [4.69, 9.17) is 4.74 Å². The first-order chi connectivity index (χ1) is 12.4. The molecule has 1 atom stereocenters. The molecule has 6 nitrogen and oxygen atoms in total. The Bertz CT molecular complexity index is 954. The molecule has 1 unspecified atom stereocenters. The Balaban J connectivity index is 1.52. The van der Waals surface area contributed by atoms with E-state index in [0.717, 1.165) is 22.6 Å². The van der Waals surface area contributed by atoms with Crippen molar-refractivity contribution in [2.75, 3.05) is 18.1 Å². The standard InChI is InChI=1S/C19H20N2O4S/c1-13-2-4-15(5-3-13)21-10-8-17(19(21)22)20-26(23,24)16-6-7-18-14(12-16)9-11-25-18/h2-7,12,17,20H,8-11H2,1H3. The minimum atomic E-state index is -3.76. The van der Waals surface area contributed by atoms with Gasteiger partial charge in [0.15, 0.2) is 0 Å². The summed E-state index contributed by atoms with van der Waals surface area (Å²) in [6, 6.07) is 11.7. The number of anilines is 1. The molecule has 2 aromatic rings. The molecule has 1 fully saturated rings. The van der Waals surface area contributed by atoms with E-state index in [1.165, 1.54) is 6.07 Å². The molecule has 4 rings (SSSR count). The molecule has 0 saturated carbocycles. The summed E-state index contributed by atoms with van der Waals surface area (Å²) in [5.41, 5.74) is 2.78. The molecule has 0 aliphatic carbocycles. The summed E-state index contributed by atoms with van der Waals surface area (Å²) in [5.74, 6) is 0.508. The molecular weight excluding hydrogens is 352 g/mol. The van der Waals surface area contributed by atoms with Crippen LogP contribution in [0.3, 0.4) is 0 Å². The fourth-order valence-corrected chi connectivity index (χ4v) is 4.63. The number of carbonyl (C=O) groups excluding carboxylic acids is 1. The molecule has 2 aliphatic rings. The minimum Gasteiger partial charge on any atom is -0.493 e. The van der Waals surface area contributed by atoms with Gasteiger partial charge in [0.2, 0.25) is 15.9 Å². The van der Waals surface area contributed by atoms with E-state index < -0.39 is 16.1 Å². The van der Waals surface area contributed by atoms with Crippen molar-refractivity contribution in [3.8, 4) is 5.75 Å². The lowest BCUT2D eigenvalue weighted by molar-refractivity contribution is -0.118. The SMILES string of the molecule is Cc1ccc(N2CCC(NS(=O)(=O)c3ccc4c(c3)CCO4)C2=O)cc1. The highest BCUT2D eigenvalue weighted by Gasteiger charge is 2.35. The van der Waals surface area contributed by atoms with Crippen molar-refractivity contribution in [3.05, 3.63) is 53.6 Å². The topological polar surface area (TPSA) is 75.7 Å². The van der Waals surface area contributed by atoms with E-state index in [1.807, 2.05) is 31.2 Å². The predicted octanol–water partition coefficient (Wildman–Crippen LogP) is 2.01. The third-order valence-corrected chi connectivity index (χ3v) is 6.29. The molecule has 2 heterocycles. The molecule has 2 aromatic carbocycles. The van der Waals surface area contributed by atoms with Crippen LogP contribution in [0.5, 0.6) is 5.75 Å². The van der Waals surface area contributed by atoms with Crippen molar-refractivity contribution in [1.82, 2.24) is 4.72 Å². The van der Waals surface area contributed by atoms with Gasteiger partial charge in [-0.3, -0.25) is 4.79 Å². The van der Waals surface area contributed by atoms with Gasteiger partial charge in [-0.15, -0.1) is 0 Å². The normalized spacial score (nSPS) is 19.5. The number of amides is 1. The van der Waals surface area contributed by atoms with Gasteiger partial charge in [-0.1, -0.05) is 17.7 Å². The minimum absolute atomic E-state index is 0.170. The van der Waals surface area contributed by atoms with E-state index >= 15 is 0 Å². The van der Waals surface area contributed by atoms with Crippen LogP contribution in [-0.4, -0.2) is 33.5 Å². The Morgan fingerprint density at radius 1 is 1.15 bits per heavy atom. The van der Waals surface area contributed by atoms with E-state index in [2.05, 4.69) is 4.72 Å². The van der Waals surface area contributed by atoms with Crippen LogP contribution in [0.4, 0.5) is 5.69 Å². The lowest BCUT2D eigenvalue weighted by Crippen LogP contribution is -2.41. The summed E-state index contributed by atoms with van der Waals surface area (Å²) in [7, 11) is -3.76. The second-order valence-corrected chi connectivity index (χ2v) is 8.37. The summed E-state index contributed by atoms with van der Waals surface area (Å²) in [6.45, 7) is 3.04. The number of sulfonamides is 1. The Morgan fingerprint density at radius 3 is 2.69 bits per heavy atom. The van der Waals surface area contributed by atoms with Crippen molar-refractivity contribution in [1.29, 1.82) is 0 Å². The number of benzene rings is 2. The van der Waals surface area contributed by atoms with Gasteiger partial charge in [0.1, 0.15) is 11.8 Å². The molecule has 7 heteroatoms. The second kappa shape index (κ2) is 6.41. The number of carbonyl (C=O) groups is 1. The van der Waals surface area contributed by atoms with Crippen LogP contribution in [0, 0.1) is 6.92 Å². The number of fused-ring (bicyclic) bond motifs is 1. The molecule has 1 amide bonds. The zero-order chi connectivity index (χ0) is 18.3. The first-order valence-electron chi connectivity index (χ1n) is 8.60. The quantitative estimate of drug-likeness (QED) is 0.891. The molecular formula is C19H20N2O4S. The number of ether oxygens (including phenoxy) is 1. The highest BCUT2D eigenvalue weighted by molar-refractivity contribution is 7.89. The van der Waals surface area contributed by atoms with Gasteiger partial charge in [0.25, 0.3) is 0 Å². The Labute approximate surface area is 152 Å². The number of nitrogens with zero attached hydrogens (tertiary/aromatic N) is 1. The van der Waals surface area contributed by atoms with Crippen molar-refractivity contribution < 1.29 is 17.9 Å². The first-order valence-corrected chi connectivity index (χ1v) is 10.1. The highest BCUT2D eigenvalue weighted by atomic mass is 32.2. The molecule has 0 aromatic heterocycles. The van der Waals surface area contributed by atoms with Gasteiger partial charge in [0, 0.05) is 18.7 Å². The zero-order valence-electron chi connectivity index (χ0n) is 14.4. The average molecular weight is 372 g/mol. The summed E-state index contributed by atoms with van der Waals surface area (Å²) in [4.78, 5) is 14.5. The van der Waals surface area contributed by atoms with Crippen molar-refractivity contribution in [2.24, 2.45) is 0 Å². The molecule has 0 spiro atoms. The molecule has 0 bridgehead atoms. The fourth-order valence-electron chi connectivity index (χ4n) is 3.36. The van der Waals surface area contributed by atoms with Crippen LogP contribution in [0.25, 0.3) is 0 Å². The third-order valence-electron chi connectivity index (χ3n) is 4.82. The van der Waals surface area contributed by atoms with Gasteiger partial charge >= 0.3 is 0 Å². The highest BCUT2D eigenvalue weighted by Crippen LogP contribution is 2.28. The summed E-state index contributed by atoms with van der Waals surface area (Å²) in [6.07, 6.45) is 1.14. The van der Waals surface area contributed by atoms with Crippen LogP contribution in [0.15, 0.2) is 47.4 Å². The maximum atomic E-state index is 12.7. The predicted molar refractivity (Wildman–Crippen MR) is 97.9 cm³/mol. The second-order valence-electron chi connectivity index (χ2n) is 6.66. The summed E-state index contributed by atoms with van der Waals surface area (Å²) < 4.78 is 33.4. The van der Waals surface area contributed by atoms with Gasteiger partial charge in [-0.25, -0.2) is 8.42 Å². The molecule has 1 saturated heterocycles. The Kier molecular flexibility index (Phi) is 4.20. The van der Waals surface area contributed by atoms with E-state index in [0.29, 0.717) is 26.0 Å². The van der Waals surface area contributed by atoms with Crippen LogP contribution in [0.2, 0.25) is 0 Å². The van der Waals surface area contributed by atoms with Crippen LogP contribution in [-0.2, 0) is 21.2 Å².